The second-order valence-corrected chi connectivity index (χ2v) is 17.6. The number of nitrogens with one attached hydrogen (secondary N) is 1. The first-order valence-corrected chi connectivity index (χ1v) is 21.4. The summed E-state index contributed by atoms with van der Waals surface area (Å²) in [7, 11) is 1.34. The van der Waals surface area contributed by atoms with Crippen molar-refractivity contribution in [3.63, 3.8) is 0 Å². The third-order valence-corrected chi connectivity index (χ3v) is 13.0. The smallest absolute Gasteiger partial charge is 0.410 e. The Kier molecular flexibility index (Phi) is 15.7. The number of nitrogens with zero attached hydrogens (tertiary/aromatic N) is 3. The lowest BCUT2D eigenvalue weighted by atomic mass is 9.73. The molecule has 3 aliphatic rings. The van der Waals surface area contributed by atoms with Gasteiger partial charge in [0, 0.05) is 68.4 Å². The number of carbonyl (C=O) groups excluding carboxylic acids is 4. The number of esters is 1. The first-order valence-electron chi connectivity index (χ1n) is 21.4. The zero-order valence-corrected chi connectivity index (χ0v) is 37.0. The van der Waals surface area contributed by atoms with Crippen LogP contribution in [0, 0.1) is 29.4 Å². The second-order valence-electron chi connectivity index (χ2n) is 17.6. The molecule has 18 heteroatoms. The number of ketones is 2. The maximum atomic E-state index is 16.9. The molecule has 3 aliphatic heterocycles. The first kappa shape index (κ1) is 49.1. The number of aliphatic hydroxyl groups is 1. The number of hydrogen-bond acceptors (Lipinski definition) is 12. The highest BCUT2D eigenvalue weighted by Crippen LogP contribution is 2.43. The van der Waals surface area contributed by atoms with Crippen LogP contribution in [0.25, 0.3) is 11.3 Å². The minimum atomic E-state index is -3.26. The van der Waals surface area contributed by atoms with Crippen LogP contribution in [0.2, 0.25) is 0 Å². The van der Waals surface area contributed by atoms with Gasteiger partial charge in [-0.1, -0.05) is 27.7 Å². The summed E-state index contributed by atoms with van der Waals surface area (Å²) in [6, 6.07) is 1.56. The molecule has 2 N–H and O–H groups in total. The van der Waals surface area contributed by atoms with Crippen LogP contribution < -0.4 is 5.32 Å². The molecule has 4 heterocycles. The summed E-state index contributed by atoms with van der Waals surface area (Å²) in [6.45, 7) is 11.8. The number of imidazole rings is 1. The number of hydrogen-bond donors (Lipinski definition) is 2. The highest BCUT2D eigenvalue weighted by atomic mass is 19.1. The van der Waals surface area contributed by atoms with Gasteiger partial charge in [0.05, 0.1) is 35.9 Å². The third kappa shape index (κ3) is 10.0. The number of fused-ring (bicyclic) bond motifs is 1. The van der Waals surface area contributed by atoms with Crippen molar-refractivity contribution < 1.29 is 65.5 Å². The van der Waals surface area contributed by atoms with Gasteiger partial charge in [-0.15, -0.1) is 0 Å². The Morgan fingerprint density at radius 1 is 1.03 bits per heavy atom. The van der Waals surface area contributed by atoms with E-state index in [4.69, 9.17) is 23.7 Å². The average molecular weight is 883 g/mol. The molecule has 62 heavy (non-hydrogen) atoms. The second kappa shape index (κ2) is 19.8. The van der Waals surface area contributed by atoms with Crippen LogP contribution >= 0.6 is 0 Å². The Balaban J connectivity index is 1.44. The van der Waals surface area contributed by atoms with Crippen molar-refractivity contribution in [3.05, 3.63) is 42.4 Å². The van der Waals surface area contributed by atoms with E-state index in [1.807, 2.05) is 0 Å². The minimum absolute atomic E-state index is 0.0218. The van der Waals surface area contributed by atoms with Crippen molar-refractivity contribution >= 4 is 23.6 Å². The van der Waals surface area contributed by atoms with E-state index in [-0.39, 0.29) is 37.3 Å². The molecule has 13 atom stereocenters. The molecule has 1 aromatic carbocycles. The van der Waals surface area contributed by atoms with E-state index >= 15 is 4.39 Å². The minimum Gasteiger partial charge on any atom is -0.455 e. The van der Waals surface area contributed by atoms with Gasteiger partial charge < -0.3 is 43.6 Å². The molecule has 0 bridgehead atoms. The highest BCUT2D eigenvalue weighted by Gasteiger charge is 2.61. The molecule has 3 fully saturated rings. The van der Waals surface area contributed by atoms with E-state index in [1.165, 1.54) is 38.3 Å². The number of aromatic nitrogens is 2. The Bertz CT molecular complexity index is 1920. The van der Waals surface area contributed by atoms with E-state index in [1.54, 1.807) is 45.4 Å². The van der Waals surface area contributed by atoms with Gasteiger partial charge in [-0.3, -0.25) is 9.59 Å². The largest absolute Gasteiger partial charge is 0.455 e. The Hall–Kier alpha value is -3.97. The number of amides is 1. The highest BCUT2D eigenvalue weighted by molar-refractivity contribution is 6.08. The monoisotopic (exact) mass is 882 g/mol. The Morgan fingerprint density at radius 3 is 2.37 bits per heavy atom. The van der Waals surface area contributed by atoms with Gasteiger partial charge in [0.1, 0.15) is 36.3 Å². The number of unbranched alkanes of at least 4 members (excludes halogenated alkanes) is 1. The predicted octanol–water partition coefficient (Wildman–Crippen LogP) is 5.90. The number of aliphatic hydroxyl groups excluding tert-OH is 1. The molecule has 0 radical (unpaired) electrons. The first-order chi connectivity index (χ1) is 29.1. The molecule has 14 nitrogen and oxygen atoms in total. The molecule has 0 saturated carbocycles. The summed E-state index contributed by atoms with van der Waals surface area (Å²) in [6.07, 6.45) is -2.44. The van der Waals surface area contributed by atoms with Gasteiger partial charge >= 0.3 is 12.1 Å². The van der Waals surface area contributed by atoms with E-state index in [9.17, 15) is 37.5 Å². The topological polar surface area (TPSA) is 168 Å². The van der Waals surface area contributed by atoms with Crippen molar-refractivity contribution in [2.45, 2.75) is 154 Å². The van der Waals surface area contributed by atoms with Crippen LogP contribution in [0.1, 0.15) is 87.5 Å². The number of rotatable bonds is 13. The van der Waals surface area contributed by atoms with Gasteiger partial charge in [-0.2, -0.15) is 0 Å². The third-order valence-electron chi connectivity index (χ3n) is 13.0. The van der Waals surface area contributed by atoms with Gasteiger partial charge in [0.25, 0.3) is 5.67 Å². The van der Waals surface area contributed by atoms with E-state index < -0.39 is 114 Å². The predicted molar refractivity (Wildman–Crippen MR) is 217 cm³/mol. The van der Waals surface area contributed by atoms with Crippen molar-refractivity contribution in [2.75, 3.05) is 26.9 Å². The summed E-state index contributed by atoms with van der Waals surface area (Å²) in [5.41, 5.74) is -6.02. The molecule has 2 aromatic rings. The van der Waals surface area contributed by atoms with Crippen LogP contribution in [0.4, 0.5) is 22.4 Å². The molecule has 1 aromatic heterocycles. The van der Waals surface area contributed by atoms with Crippen LogP contribution in [0.5, 0.6) is 0 Å². The molecule has 0 aliphatic carbocycles. The number of carbonyl (C=O) groups is 4. The fourth-order valence-corrected chi connectivity index (χ4v) is 9.56. The van der Waals surface area contributed by atoms with E-state index in [2.05, 4.69) is 10.3 Å². The normalized spacial score (nSPS) is 36.3. The number of aryl methyl sites for hydroxylation is 1. The van der Waals surface area contributed by atoms with E-state index in [0.717, 1.165) is 19.1 Å². The lowest BCUT2D eigenvalue weighted by molar-refractivity contribution is -0.290. The number of Topliss-reactive ketones (excluding diaryl/α,β-unsaturated/α-hetero) is 2. The van der Waals surface area contributed by atoms with Crippen molar-refractivity contribution in [1.82, 2.24) is 19.8 Å². The average Bonchev–Trinajstić information content (AvgIpc) is 3.80. The molecule has 5 rings (SSSR count). The summed E-state index contributed by atoms with van der Waals surface area (Å²) >= 11 is 0. The zero-order valence-electron chi connectivity index (χ0n) is 37.0. The summed E-state index contributed by atoms with van der Waals surface area (Å²) in [5.74, 6) is -7.74. The Morgan fingerprint density at radius 2 is 1.73 bits per heavy atom. The molecule has 0 spiro atoms. The SMILES string of the molecule is CC[C@H]1OC(=O)[C@@](C)(F)C(=O)[C@@H](C)[C@@H](O[C@@H]2O[C@H](C)C[C@H](NCCF)[C@@H]2O)[C@](C)(OC)C[C@@H](C)C(=O)[C@H](C)C2N(CCCCn3cnc(-c4ccc(F)cc4F)c3)C(=O)O[C@@]21C. The van der Waals surface area contributed by atoms with Crippen LogP contribution in [-0.4, -0.2) is 130 Å². The van der Waals surface area contributed by atoms with Gasteiger partial charge in [-0.05, 0) is 71.9 Å². The van der Waals surface area contributed by atoms with Gasteiger partial charge in [0.2, 0.25) is 0 Å². The van der Waals surface area contributed by atoms with E-state index in [0.29, 0.717) is 31.5 Å². The van der Waals surface area contributed by atoms with Gasteiger partial charge in [0.15, 0.2) is 17.7 Å². The lowest BCUT2D eigenvalue weighted by Gasteiger charge is -2.46. The molecular weight excluding hydrogens is 820 g/mol. The molecule has 1 amide bonds. The lowest BCUT2D eigenvalue weighted by Crippen LogP contribution is -2.62. The fourth-order valence-electron chi connectivity index (χ4n) is 9.56. The number of cyclic esters (lactones) is 1. The van der Waals surface area contributed by atoms with Crippen molar-refractivity contribution in [2.24, 2.45) is 17.8 Å². The molecular formula is C44H62F4N4O10. The maximum Gasteiger partial charge on any atom is 0.410 e. The maximum absolute atomic E-state index is 16.9. The quantitative estimate of drug-likeness (QED) is 0.106. The van der Waals surface area contributed by atoms with Crippen LogP contribution in [-0.2, 0) is 44.6 Å². The standard InChI is InChI=1S/C44H62F4N4O10/c1-10-33-44(8)36(52(41(57)62-44)18-12-11-17-51-22-32(50-23-51)29-14-13-28(46)20-30(29)47)26(4)34(53)24(2)21-42(6,58-9)38(27(5)37(55)43(7,48)40(56)60-33)61-39-35(54)31(49-16-15-45)19-25(3)59-39/h13-14,20,22-27,31,33,35-36,38-39,49,54H,10-12,15-19,21H2,1-9H3/t24-,25-,26+,27-,31+,33-,35+,36?,38-,39+,42-,43+,44-/m1/s1. The number of methoxy groups -OCH3 is 1. The van der Waals surface area contributed by atoms with Crippen molar-refractivity contribution in [1.29, 1.82) is 0 Å². The summed E-state index contributed by atoms with van der Waals surface area (Å²) in [4.78, 5) is 62.3. The Labute approximate surface area is 360 Å². The molecule has 346 valence electrons. The number of halogens is 4. The zero-order chi connectivity index (χ0) is 45.9. The van der Waals surface area contributed by atoms with Crippen LogP contribution in [0.3, 0.4) is 0 Å². The molecule has 1 unspecified atom stereocenters. The molecule has 3 saturated heterocycles. The van der Waals surface area contributed by atoms with Crippen molar-refractivity contribution in [3.8, 4) is 11.3 Å². The number of benzene rings is 1. The fraction of sp³-hybridized carbons (Fsp3) is 0.705. The number of ether oxygens (including phenoxy) is 5. The summed E-state index contributed by atoms with van der Waals surface area (Å²) < 4.78 is 89.9. The van der Waals surface area contributed by atoms with Crippen LogP contribution in [0.15, 0.2) is 30.7 Å². The summed E-state index contributed by atoms with van der Waals surface area (Å²) in [5, 5.41) is 14.3. The number of alkyl halides is 2. The van der Waals surface area contributed by atoms with Gasteiger partial charge in [-0.25, -0.2) is 32.1 Å².